The van der Waals surface area contributed by atoms with Crippen molar-refractivity contribution in [2.45, 2.75) is 0 Å². The van der Waals surface area contributed by atoms with Crippen molar-refractivity contribution < 1.29 is 19.8 Å². The van der Waals surface area contributed by atoms with Crippen molar-refractivity contribution in [3.05, 3.63) is 46.7 Å². The number of aryl methyl sites for hydroxylation is 1. The van der Waals surface area contributed by atoms with Crippen molar-refractivity contribution in [2.75, 3.05) is 5.32 Å². The zero-order chi connectivity index (χ0) is 14.9. The van der Waals surface area contributed by atoms with Crippen molar-refractivity contribution >= 4 is 29.2 Å². The molecule has 2 aromatic rings. The molecule has 1 aromatic heterocycles. The first-order chi connectivity index (χ1) is 9.40. The Balaban J connectivity index is 2.31. The summed E-state index contributed by atoms with van der Waals surface area (Å²) in [4.78, 5) is 22.9. The molecular weight excluding hydrogens is 284 g/mol. The molecule has 20 heavy (non-hydrogen) atoms. The van der Waals surface area contributed by atoms with Gasteiger partial charge in [0.15, 0.2) is 5.75 Å². The summed E-state index contributed by atoms with van der Waals surface area (Å²) < 4.78 is 1.52. The summed E-state index contributed by atoms with van der Waals surface area (Å²) in [6.45, 7) is 0. The summed E-state index contributed by atoms with van der Waals surface area (Å²) in [6, 6.07) is 5.54. The summed E-state index contributed by atoms with van der Waals surface area (Å²) >= 11 is 5.78. The lowest BCUT2D eigenvalue weighted by molar-refractivity contribution is 0.0693. The molecule has 0 saturated carbocycles. The largest absolute Gasteiger partial charge is 0.505 e. The fourth-order valence-corrected chi connectivity index (χ4v) is 2.00. The van der Waals surface area contributed by atoms with E-state index in [1.54, 1.807) is 13.2 Å². The number of nitrogens with one attached hydrogen (secondary N) is 1. The van der Waals surface area contributed by atoms with Gasteiger partial charge in [-0.2, -0.15) is 0 Å². The maximum absolute atomic E-state index is 12.0. The van der Waals surface area contributed by atoms with Gasteiger partial charge in [0.2, 0.25) is 0 Å². The number of aromatic nitrogens is 1. The Morgan fingerprint density at radius 2 is 2.05 bits per heavy atom. The number of amides is 1. The van der Waals surface area contributed by atoms with Crippen molar-refractivity contribution in [3.63, 3.8) is 0 Å². The molecule has 0 bridgehead atoms. The molecule has 3 N–H and O–H groups in total. The zero-order valence-corrected chi connectivity index (χ0v) is 11.2. The second kappa shape index (κ2) is 5.26. The number of halogens is 1. The summed E-state index contributed by atoms with van der Waals surface area (Å²) in [5, 5.41) is 21.5. The van der Waals surface area contributed by atoms with E-state index in [2.05, 4.69) is 5.32 Å². The third-order valence-electron chi connectivity index (χ3n) is 2.72. The molecule has 7 heteroatoms. The van der Waals surface area contributed by atoms with Gasteiger partial charge in [-0.05, 0) is 18.2 Å². The lowest BCUT2D eigenvalue weighted by atomic mass is 10.1. The number of anilines is 1. The molecule has 104 valence electrons. The Kier molecular flexibility index (Phi) is 3.67. The van der Waals surface area contributed by atoms with Crippen LogP contribution in [0.3, 0.4) is 0 Å². The predicted molar refractivity (Wildman–Crippen MR) is 73.4 cm³/mol. The number of aromatic carboxylic acids is 1. The van der Waals surface area contributed by atoms with Crippen LogP contribution in [0, 0.1) is 0 Å². The van der Waals surface area contributed by atoms with Gasteiger partial charge in [-0.25, -0.2) is 4.79 Å². The minimum absolute atomic E-state index is 0.0206. The number of carbonyl (C=O) groups is 2. The lowest BCUT2D eigenvalue weighted by Crippen LogP contribution is -2.15. The summed E-state index contributed by atoms with van der Waals surface area (Å²) in [5.41, 5.74) is 0.0232. The van der Waals surface area contributed by atoms with Gasteiger partial charge in [-0.3, -0.25) is 4.79 Å². The molecule has 0 unspecified atom stereocenters. The van der Waals surface area contributed by atoms with Gasteiger partial charge in [0.25, 0.3) is 5.91 Å². The fraction of sp³-hybridized carbons (Fsp3) is 0.0769. The van der Waals surface area contributed by atoms with Gasteiger partial charge in [-0.1, -0.05) is 17.7 Å². The van der Waals surface area contributed by atoms with Crippen LogP contribution in [0.4, 0.5) is 5.69 Å². The maximum Gasteiger partial charge on any atom is 0.339 e. The van der Waals surface area contributed by atoms with Crippen molar-refractivity contribution in [1.29, 1.82) is 0 Å². The highest BCUT2D eigenvalue weighted by atomic mass is 35.5. The van der Waals surface area contributed by atoms with Gasteiger partial charge < -0.3 is 20.1 Å². The molecule has 0 aliphatic carbocycles. The monoisotopic (exact) mass is 294 g/mol. The number of hydrogen-bond donors (Lipinski definition) is 3. The molecule has 2 rings (SSSR count). The first kappa shape index (κ1) is 14.0. The SMILES string of the molecule is Cn1cc(Cl)cc1C(=O)Nc1cccc(C(=O)O)c1O. The summed E-state index contributed by atoms with van der Waals surface area (Å²) in [5.74, 6) is -2.27. The second-order valence-electron chi connectivity index (χ2n) is 4.12. The van der Waals surface area contributed by atoms with Crippen molar-refractivity contribution in [3.8, 4) is 5.75 Å². The first-order valence-electron chi connectivity index (χ1n) is 5.58. The van der Waals surface area contributed by atoms with Gasteiger partial charge in [0.1, 0.15) is 11.3 Å². The number of rotatable bonds is 3. The average Bonchev–Trinajstić information content (AvgIpc) is 2.70. The standard InChI is InChI=1S/C13H11ClN2O4/c1-16-6-7(14)5-10(16)12(18)15-9-4-2-3-8(11(9)17)13(19)20/h2-6,17H,1H3,(H,15,18)(H,19,20). The normalized spacial score (nSPS) is 10.3. The van der Waals surface area contributed by atoms with Gasteiger partial charge in [0, 0.05) is 13.2 Å². The van der Waals surface area contributed by atoms with Crippen LogP contribution in [0.2, 0.25) is 5.02 Å². The van der Waals surface area contributed by atoms with Crippen LogP contribution in [0.15, 0.2) is 30.5 Å². The highest BCUT2D eigenvalue weighted by molar-refractivity contribution is 6.31. The van der Waals surface area contributed by atoms with E-state index in [-0.39, 0.29) is 16.9 Å². The Morgan fingerprint density at radius 3 is 2.60 bits per heavy atom. The minimum Gasteiger partial charge on any atom is -0.505 e. The zero-order valence-electron chi connectivity index (χ0n) is 10.4. The third kappa shape index (κ3) is 2.60. The topological polar surface area (TPSA) is 91.6 Å². The van der Waals surface area contributed by atoms with Crippen LogP contribution < -0.4 is 5.32 Å². The molecule has 0 saturated heterocycles. The Hall–Kier alpha value is -2.47. The molecular formula is C13H11ClN2O4. The number of benzene rings is 1. The number of para-hydroxylation sites is 1. The van der Waals surface area contributed by atoms with Gasteiger partial charge in [-0.15, -0.1) is 0 Å². The smallest absolute Gasteiger partial charge is 0.339 e. The molecule has 6 nitrogen and oxygen atoms in total. The minimum atomic E-state index is -1.28. The Morgan fingerprint density at radius 1 is 1.35 bits per heavy atom. The van der Waals surface area contributed by atoms with E-state index in [1.807, 2.05) is 0 Å². The average molecular weight is 295 g/mol. The van der Waals surface area contributed by atoms with Crippen LogP contribution in [0.1, 0.15) is 20.8 Å². The van der Waals surface area contributed by atoms with Crippen LogP contribution in [0.5, 0.6) is 5.75 Å². The van der Waals surface area contributed by atoms with E-state index in [1.165, 1.54) is 28.8 Å². The van der Waals surface area contributed by atoms with Crippen LogP contribution in [-0.4, -0.2) is 26.7 Å². The molecule has 0 aliphatic heterocycles. The number of phenols is 1. The highest BCUT2D eigenvalue weighted by Crippen LogP contribution is 2.28. The highest BCUT2D eigenvalue weighted by Gasteiger charge is 2.17. The summed E-state index contributed by atoms with van der Waals surface area (Å²) in [7, 11) is 1.65. The van der Waals surface area contributed by atoms with E-state index < -0.39 is 17.6 Å². The summed E-state index contributed by atoms with van der Waals surface area (Å²) in [6.07, 6.45) is 1.56. The number of carboxylic acids is 1. The van der Waals surface area contributed by atoms with E-state index in [4.69, 9.17) is 16.7 Å². The molecule has 1 aromatic carbocycles. The first-order valence-corrected chi connectivity index (χ1v) is 5.96. The van der Waals surface area contributed by atoms with Crippen LogP contribution in [0.25, 0.3) is 0 Å². The fourth-order valence-electron chi connectivity index (χ4n) is 1.75. The van der Waals surface area contributed by atoms with E-state index in [9.17, 15) is 14.7 Å². The van der Waals surface area contributed by atoms with E-state index in [0.29, 0.717) is 5.02 Å². The molecule has 1 heterocycles. The quantitative estimate of drug-likeness (QED) is 0.758. The predicted octanol–water partition coefficient (Wildman–Crippen LogP) is 2.33. The maximum atomic E-state index is 12.0. The second-order valence-corrected chi connectivity index (χ2v) is 4.55. The van der Waals surface area contributed by atoms with E-state index >= 15 is 0 Å². The lowest BCUT2D eigenvalue weighted by Gasteiger charge is -2.09. The number of hydrogen-bond acceptors (Lipinski definition) is 3. The van der Waals surface area contributed by atoms with Crippen LogP contribution >= 0.6 is 11.6 Å². The number of carbonyl (C=O) groups excluding carboxylic acids is 1. The van der Waals surface area contributed by atoms with Crippen molar-refractivity contribution in [1.82, 2.24) is 4.57 Å². The molecule has 0 spiro atoms. The Labute approximate surface area is 119 Å². The van der Waals surface area contributed by atoms with Crippen LogP contribution in [-0.2, 0) is 7.05 Å². The Bertz CT molecular complexity index is 694. The number of nitrogens with zero attached hydrogens (tertiary/aromatic N) is 1. The molecule has 0 radical (unpaired) electrons. The van der Waals surface area contributed by atoms with Gasteiger partial charge >= 0.3 is 5.97 Å². The molecule has 1 amide bonds. The third-order valence-corrected chi connectivity index (χ3v) is 2.93. The molecule has 0 atom stereocenters. The molecule has 0 aliphatic rings. The van der Waals surface area contributed by atoms with Gasteiger partial charge in [0.05, 0.1) is 10.7 Å². The number of carboxylic acid groups (broad SMARTS) is 1. The molecule has 0 fully saturated rings. The van der Waals surface area contributed by atoms with Crippen molar-refractivity contribution in [2.24, 2.45) is 7.05 Å². The van der Waals surface area contributed by atoms with E-state index in [0.717, 1.165) is 0 Å². The number of aromatic hydroxyl groups is 1.